The molecule has 1 amide bonds. The van der Waals surface area contributed by atoms with E-state index in [9.17, 15) is 18.0 Å². The van der Waals surface area contributed by atoms with Crippen LogP contribution >= 0.6 is 15.9 Å². The summed E-state index contributed by atoms with van der Waals surface area (Å²) in [6.45, 7) is 2.03. The van der Waals surface area contributed by atoms with E-state index < -0.39 is 23.6 Å². The number of benzene rings is 1. The largest absolute Gasteiger partial charge is 0.418 e. The second-order valence-electron chi connectivity index (χ2n) is 4.14. The lowest BCUT2D eigenvalue weighted by Crippen LogP contribution is -2.29. The second-order valence-corrected chi connectivity index (χ2v) is 5.05. The standard InChI is InChI=1S/C12H14BrF3N2O/c1-7(6-17-2)11(19)18-10-4-3-8(13)5-9(10)12(14,15)16/h3-5,7,17H,6H2,1-2H3,(H,18,19). The molecule has 0 saturated heterocycles. The Morgan fingerprint density at radius 2 is 2.05 bits per heavy atom. The van der Waals surface area contributed by atoms with Crippen LogP contribution in [0.3, 0.4) is 0 Å². The first-order valence-electron chi connectivity index (χ1n) is 5.58. The number of halogens is 4. The highest BCUT2D eigenvalue weighted by Gasteiger charge is 2.34. The SMILES string of the molecule is CNCC(C)C(=O)Nc1ccc(Br)cc1C(F)(F)F. The summed E-state index contributed by atoms with van der Waals surface area (Å²) in [5, 5.41) is 5.11. The summed E-state index contributed by atoms with van der Waals surface area (Å²) in [5.41, 5.74) is -1.10. The zero-order valence-electron chi connectivity index (χ0n) is 10.4. The third-order valence-corrected chi connectivity index (χ3v) is 3.00. The van der Waals surface area contributed by atoms with Gasteiger partial charge in [-0.05, 0) is 25.2 Å². The molecule has 0 aliphatic carbocycles. The Morgan fingerprint density at radius 1 is 1.42 bits per heavy atom. The Morgan fingerprint density at radius 3 is 2.58 bits per heavy atom. The lowest BCUT2D eigenvalue weighted by Gasteiger charge is -2.16. The van der Waals surface area contributed by atoms with Crippen molar-refractivity contribution in [2.75, 3.05) is 18.9 Å². The van der Waals surface area contributed by atoms with E-state index in [0.29, 0.717) is 11.0 Å². The average Bonchev–Trinajstić information content (AvgIpc) is 2.30. The monoisotopic (exact) mass is 338 g/mol. The smallest absolute Gasteiger partial charge is 0.325 e. The Kier molecular flexibility index (Phi) is 5.37. The molecule has 2 N–H and O–H groups in total. The van der Waals surface area contributed by atoms with Gasteiger partial charge < -0.3 is 10.6 Å². The van der Waals surface area contributed by atoms with Gasteiger partial charge in [-0.15, -0.1) is 0 Å². The van der Waals surface area contributed by atoms with Gasteiger partial charge >= 0.3 is 6.18 Å². The number of hydrogen-bond acceptors (Lipinski definition) is 2. The van der Waals surface area contributed by atoms with Gasteiger partial charge in [0.2, 0.25) is 5.91 Å². The Labute approximate surface area is 117 Å². The predicted molar refractivity (Wildman–Crippen MR) is 70.9 cm³/mol. The van der Waals surface area contributed by atoms with Crippen LogP contribution in [0.1, 0.15) is 12.5 Å². The lowest BCUT2D eigenvalue weighted by atomic mass is 10.1. The zero-order valence-corrected chi connectivity index (χ0v) is 12.0. The van der Waals surface area contributed by atoms with Gasteiger partial charge in [0.15, 0.2) is 0 Å². The molecule has 0 aliphatic heterocycles. The summed E-state index contributed by atoms with van der Waals surface area (Å²) in [5.74, 6) is -0.878. The topological polar surface area (TPSA) is 41.1 Å². The van der Waals surface area contributed by atoms with E-state index in [1.807, 2.05) is 0 Å². The molecule has 0 spiro atoms. The van der Waals surface area contributed by atoms with Crippen LogP contribution < -0.4 is 10.6 Å². The van der Waals surface area contributed by atoms with E-state index in [1.165, 1.54) is 12.1 Å². The van der Waals surface area contributed by atoms with Gasteiger partial charge in [0, 0.05) is 16.9 Å². The van der Waals surface area contributed by atoms with Gasteiger partial charge in [0.1, 0.15) is 0 Å². The maximum atomic E-state index is 12.8. The van der Waals surface area contributed by atoms with E-state index in [0.717, 1.165) is 6.07 Å². The molecule has 1 aromatic rings. The second kappa shape index (κ2) is 6.38. The number of rotatable bonds is 4. The van der Waals surface area contributed by atoms with Crippen molar-refractivity contribution in [1.82, 2.24) is 5.32 Å². The van der Waals surface area contributed by atoms with E-state index >= 15 is 0 Å². The molecule has 7 heteroatoms. The third kappa shape index (κ3) is 4.50. The first-order valence-corrected chi connectivity index (χ1v) is 6.37. The van der Waals surface area contributed by atoms with Gasteiger partial charge in [-0.3, -0.25) is 4.79 Å². The molecule has 106 valence electrons. The van der Waals surface area contributed by atoms with E-state index in [2.05, 4.69) is 26.6 Å². The molecule has 1 unspecified atom stereocenters. The minimum absolute atomic E-state index is 0.233. The van der Waals surface area contributed by atoms with Crippen LogP contribution in [0.25, 0.3) is 0 Å². The van der Waals surface area contributed by atoms with Crippen LogP contribution in [0.4, 0.5) is 18.9 Å². The number of anilines is 1. The average molecular weight is 339 g/mol. The molecule has 0 aliphatic rings. The molecule has 19 heavy (non-hydrogen) atoms. The fourth-order valence-electron chi connectivity index (χ4n) is 1.51. The van der Waals surface area contributed by atoms with Gasteiger partial charge in [-0.1, -0.05) is 22.9 Å². The van der Waals surface area contributed by atoms with Crippen LogP contribution in [-0.2, 0) is 11.0 Å². The van der Waals surface area contributed by atoms with Crippen molar-refractivity contribution in [1.29, 1.82) is 0 Å². The number of nitrogens with one attached hydrogen (secondary N) is 2. The van der Waals surface area contributed by atoms with Gasteiger partial charge in [0.25, 0.3) is 0 Å². The van der Waals surface area contributed by atoms with Crippen LogP contribution in [-0.4, -0.2) is 19.5 Å². The molecule has 0 fully saturated rings. The number of carbonyl (C=O) groups is 1. The van der Waals surface area contributed by atoms with Crippen molar-refractivity contribution >= 4 is 27.5 Å². The lowest BCUT2D eigenvalue weighted by molar-refractivity contribution is -0.137. The Balaban J connectivity index is 2.98. The molecule has 0 heterocycles. The van der Waals surface area contributed by atoms with E-state index in [4.69, 9.17) is 0 Å². The summed E-state index contributed by atoms with van der Waals surface area (Å²) >= 11 is 2.99. The molecule has 1 rings (SSSR count). The zero-order chi connectivity index (χ0) is 14.6. The molecule has 1 atom stereocenters. The highest BCUT2D eigenvalue weighted by Crippen LogP contribution is 2.36. The van der Waals surface area contributed by atoms with Crippen molar-refractivity contribution in [3.05, 3.63) is 28.2 Å². The predicted octanol–water partition coefficient (Wildman–Crippen LogP) is 3.26. The maximum Gasteiger partial charge on any atom is 0.418 e. The quantitative estimate of drug-likeness (QED) is 0.884. The molecule has 0 aromatic heterocycles. The number of carbonyl (C=O) groups excluding carboxylic acids is 1. The fraction of sp³-hybridized carbons (Fsp3) is 0.417. The summed E-state index contributed by atoms with van der Waals surface area (Å²) < 4.78 is 38.8. The van der Waals surface area contributed by atoms with E-state index in [1.54, 1.807) is 14.0 Å². The Bertz CT molecular complexity index is 463. The minimum Gasteiger partial charge on any atom is -0.325 e. The molecule has 0 bridgehead atoms. The third-order valence-electron chi connectivity index (χ3n) is 2.50. The molecular formula is C12H14BrF3N2O. The number of alkyl halides is 3. The van der Waals surface area contributed by atoms with Crippen LogP contribution in [0.15, 0.2) is 22.7 Å². The molecule has 0 saturated carbocycles. The van der Waals surface area contributed by atoms with Crippen LogP contribution in [0.2, 0.25) is 0 Å². The van der Waals surface area contributed by atoms with Crippen molar-refractivity contribution in [3.63, 3.8) is 0 Å². The van der Waals surface area contributed by atoms with Crippen molar-refractivity contribution in [3.8, 4) is 0 Å². The van der Waals surface area contributed by atoms with Crippen LogP contribution in [0, 0.1) is 5.92 Å². The summed E-state index contributed by atoms with van der Waals surface area (Å²) in [6, 6.07) is 3.63. The normalized spacial score (nSPS) is 13.2. The highest BCUT2D eigenvalue weighted by molar-refractivity contribution is 9.10. The van der Waals surface area contributed by atoms with Crippen LogP contribution in [0.5, 0.6) is 0 Å². The number of hydrogen-bond donors (Lipinski definition) is 2. The number of amides is 1. The highest BCUT2D eigenvalue weighted by atomic mass is 79.9. The summed E-state index contributed by atoms with van der Waals surface area (Å²) in [4.78, 5) is 11.7. The first-order chi connectivity index (χ1) is 8.75. The summed E-state index contributed by atoms with van der Waals surface area (Å²) in [7, 11) is 1.67. The fourth-order valence-corrected chi connectivity index (χ4v) is 1.88. The van der Waals surface area contributed by atoms with Gasteiger partial charge in [-0.25, -0.2) is 0 Å². The molecule has 0 radical (unpaired) electrons. The van der Waals surface area contributed by atoms with E-state index in [-0.39, 0.29) is 5.69 Å². The van der Waals surface area contributed by atoms with Gasteiger partial charge in [0.05, 0.1) is 11.3 Å². The maximum absolute atomic E-state index is 12.8. The van der Waals surface area contributed by atoms with Gasteiger partial charge in [-0.2, -0.15) is 13.2 Å². The summed E-state index contributed by atoms with van der Waals surface area (Å²) in [6.07, 6.45) is -4.52. The minimum atomic E-state index is -4.52. The molecule has 3 nitrogen and oxygen atoms in total. The Hall–Kier alpha value is -1.08. The van der Waals surface area contributed by atoms with Crippen molar-refractivity contribution < 1.29 is 18.0 Å². The molecular weight excluding hydrogens is 325 g/mol. The first kappa shape index (κ1) is 16.0. The van der Waals surface area contributed by atoms with Crippen molar-refractivity contribution in [2.45, 2.75) is 13.1 Å². The van der Waals surface area contributed by atoms with Crippen molar-refractivity contribution in [2.24, 2.45) is 5.92 Å². The molecule has 1 aromatic carbocycles.